The predicted molar refractivity (Wildman–Crippen MR) is 53.8 cm³/mol. The van der Waals surface area contributed by atoms with Crippen molar-refractivity contribution in [2.24, 2.45) is 0 Å². The number of ether oxygens (including phenoxy) is 1. The number of halogens is 3. The van der Waals surface area contributed by atoms with Crippen molar-refractivity contribution in [1.29, 1.82) is 0 Å². The van der Waals surface area contributed by atoms with Gasteiger partial charge in [-0.3, -0.25) is 9.59 Å². The number of morpholine rings is 1. The Morgan fingerprint density at radius 3 is 2.44 bits per heavy atom. The van der Waals surface area contributed by atoms with Crippen molar-refractivity contribution in [1.82, 2.24) is 4.90 Å². The Labute approximate surface area is 102 Å². The summed E-state index contributed by atoms with van der Waals surface area (Å²) in [6.45, 7) is 2.44. The topological polar surface area (TPSA) is 66.8 Å². The molecular formula is C10H14F3NO4. The molecule has 1 fully saturated rings. The van der Waals surface area contributed by atoms with E-state index in [9.17, 15) is 22.8 Å². The first-order valence-corrected chi connectivity index (χ1v) is 5.27. The minimum atomic E-state index is -4.96. The molecule has 0 aromatic heterocycles. The summed E-state index contributed by atoms with van der Waals surface area (Å²) >= 11 is 0. The van der Waals surface area contributed by atoms with Crippen LogP contribution in [0.4, 0.5) is 13.2 Å². The fourth-order valence-corrected chi connectivity index (χ4v) is 1.93. The van der Waals surface area contributed by atoms with Gasteiger partial charge in [0, 0.05) is 13.1 Å². The Balaban J connectivity index is 2.81. The van der Waals surface area contributed by atoms with Gasteiger partial charge in [0.25, 0.3) is 0 Å². The van der Waals surface area contributed by atoms with E-state index in [2.05, 4.69) is 0 Å². The van der Waals surface area contributed by atoms with E-state index in [-0.39, 0.29) is 13.1 Å². The smallest absolute Gasteiger partial charge is 0.471 e. The Kier molecular flexibility index (Phi) is 3.89. The fourth-order valence-electron chi connectivity index (χ4n) is 1.93. The van der Waals surface area contributed by atoms with Gasteiger partial charge in [-0.15, -0.1) is 0 Å². The Hall–Kier alpha value is -1.31. The highest BCUT2D eigenvalue weighted by atomic mass is 19.4. The average molecular weight is 269 g/mol. The van der Waals surface area contributed by atoms with Crippen LogP contribution in [0.2, 0.25) is 0 Å². The first-order chi connectivity index (χ1) is 8.01. The van der Waals surface area contributed by atoms with E-state index in [4.69, 9.17) is 9.84 Å². The van der Waals surface area contributed by atoms with Crippen LogP contribution >= 0.6 is 0 Å². The van der Waals surface area contributed by atoms with E-state index in [1.165, 1.54) is 13.8 Å². The van der Waals surface area contributed by atoms with Gasteiger partial charge in [-0.05, 0) is 13.8 Å². The number of carboxylic acids is 1. The number of hydrogen-bond donors (Lipinski definition) is 1. The first-order valence-electron chi connectivity index (χ1n) is 5.27. The lowest BCUT2D eigenvalue weighted by Crippen LogP contribution is -2.57. The molecule has 0 aromatic carbocycles. The van der Waals surface area contributed by atoms with Crippen molar-refractivity contribution in [2.45, 2.75) is 38.1 Å². The molecule has 1 N–H and O–H groups in total. The number of carbonyl (C=O) groups is 2. The summed E-state index contributed by atoms with van der Waals surface area (Å²) in [6.07, 6.45) is -6.33. The molecule has 1 amide bonds. The van der Waals surface area contributed by atoms with Crippen LogP contribution in [0.3, 0.4) is 0 Å². The summed E-state index contributed by atoms with van der Waals surface area (Å²) < 4.78 is 42.3. The maximum absolute atomic E-state index is 12.3. The SMILES string of the molecule is CC1(C)CN(C(=O)C(F)(F)F)CC(CC(=O)O)O1. The van der Waals surface area contributed by atoms with Gasteiger partial charge in [-0.2, -0.15) is 13.2 Å². The molecule has 0 radical (unpaired) electrons. The molecule has 1 heterocycles. The summed E-state index contributed by atoms with van der Waals surface area (Å²) in [5.41, 5.74) is -1.00. The number of aliphatic carboxylic acids is 1. The van der Waals surface area contributed by atoms with Crippen molar-refractivity contribution < 1.29 is 32.6 Å². The minimum absolute atomic E-state index is 0.221. The third-order valence-corrected chi connectivity index (χ3v) is 2.41. The lowest BCUT2D eigenvalue weighted by atomic mass is 10.0. The van der Waals surface area contributed by atoms with Crippen molar-refractivity contribution in [2.75, 3.05) is 13.1 Å². The Morgan fingerprint density at radius 1 is 1.44 bits per heavy atom. The monoisotopic (exact) mass is 269 g/mol. The number of hydrogen-bond acceptors (Lipinski definition) is 3. The summed E-state index contributed by atoms with van der Waals surface area (Å²) in [7, 11) is 0. The molecule has 0 spiro atoms. The summed E-state index contributed by atoms with van der Waals surface area (Å²) in [5, 5.41) is 8.62. The molecule has 8 heteroatoms. The maximum atomic E-state index is 12.3. The van der Waals surface area contributed by atoms with Gasteiger partial charge in [0.15, 0.2) is 0 Å². The lowest BCUT2D eigenvalue weighted by molar-refractivity contribution is -0.203. The highest BCUT2D eigenvalue weighted by molar-refractivity contribution is 5.82. The van der Waals surface area contributed by atoms with Crippen LogP contribution in [-0.2, 0) is 14.3 Å². The van der Waals surface area contributed by atoms with Crippen LogP contribution in [-0.4, -0.2) is 52.9 Å². The number of alkyl halides is 3. The summed E-state index contributed by atoms with van der Waals surface area (Å²) in [4.78, 5) is 22.3. The average Bonchev–Trinajstić information content (AvgIpc) is 2.11. The van der Waals surface area contributed by atoms with Gasteiger partial charge in [0.2, 0.25) is 0 Å². The minimum Gasteiger partial charge on any atom is -0.481 e. The molecule has 1 aliphatic rings. The van der Waals surface area contributed by atoms with Crippen molar-refractivity contribution >= 4 is 11.9 Å². The standard InChI is InChI=1S/C10H14F3NO4/c1-9(2)5-14(8(17)10(11,12)13)4-6(18-9)3-7(15)16/h6H,3-5H2,1-2H3,(H,15,16). The van der Waals surface area contributed by atoms with E-state index in [1.54, 1.807) is 0 Å². The van der Waals surface area contributed by atoms with Crippen LogP contribution in [0.25, 0.3) is 0 Å². The Bertz CT molecular complexity index is 354. The summed E-state index contributed by atoms with van der Waals surface area (Å²) in [6, 6.07) is 0. The van der Waals surface area contributed by atoms with Gasteiger partial charge in [0.05, 0.1) is 18.1 Å². The second kappa shape index (κ2) is 4.75. The van der Waals surface area contributed by atoms with Crippen LogP contribution in [0.5, 0.6) is 0 Å². The van der Waals surface area contributed by atoms with Crippen LogP contribution in [0.15, 0.2) is 0 Å². The third-order valence-electron chi connectivity index (χ3n) is 2.41. The number of rotatable bonds is 2. The molecule has 1 saturated heterocycles. The number of nitrogens with zero attached hydrogens (tertiary/aromatic N) is 1. The van der Waals surface area contributed by atoms with Gasteiger partial charge in [0.1, 0.15) is 0 Å². The van der Waals surface area contributed by atoms with E-state index < -0.39 is 36.2 Å². The van der Waals surface area contributed by atoms with E-state index >= 15 is 0 Å². The zero-order valence-corrected chi connectivity index (χ0v) is 9.95. The van der Waals surface area contributed by atoms with Crippen molar-refractivity contribution in [3.05, 3.63) is 0 Å². The number of carbonyl (C=O) groups excluding carboxylic acids is 1. The summed E-state index contributed by atoms with van der Waals surface area (Å²) in [5.74, 6) is -3.15. The fraction of sp³-hybridized carbons (Fsp3) is 0.800. The van der Waals surface area contributed by atoms with Gasteiger partial charge < -0.3 is 14.7 Å². The number of amides is 1. The van der Waals surface area contributed by atoms with Crippen molar-refractivity contribution in [3.63, 3.8) is 0 Å². The third kappa shape index (κ3) is 3.86. The molecule has 5 nitrogen and oxygen atoms in total. The quantitative estimate of drug-likeness (QED) is 0.813. The van der Waals surface area contributed by atoms with Crippen LogP contribution < -0.4 is 0 Å². The second-order valence-electron chi connectivity index (χ2n) is 4.78. The molecule has 18 heavy (non-hydrogen) atoms. The zero-order valence-electron chi connectivity index (χ0n) is 9.95. The van der Waals surface area contributed by atoms with Gasteiger partial charge in [-0.1, -0.05) is 0 Å². The van der Waals surface area contributed by atoms with Gasteiger partial charge in [-0.25, -0.2) is 0 Å². The number of carboxylic acid groups (broad SMARTS) is 1. The molecule has 0 aromatic rings. The van der Waals surface area contributed by atoms with Crippen molar-refractivity contribution in [3.8, 4) is 0 Å². The van der Waals surface area contributed by atoms with E-state index in [0.717, 1.165) is 0 Å². The molecule has 1 rings (SSSR count). The van der Waals surface area contributed by atoms with E-state index in [0.29, 0.717) is 4.90 Å². The molecule has 1 atom stereocenters. The normalized spacial score (nSPS) is 23.8. The highest BCUT2D eigenvalue weighted by Crippen LogP contribution is 2.27. The largest absolute Gasteiger partial charge is 0.481 e. The lowest BCUT2D eigenvalue weighted by Gasteiger charge is -2.42. The highest BCUT2D eigenvalue weighted by Gasteiger charge is 2.47. The maximum Gasteiger partial charge on any atom is 0.471 e. The first kappa shape index (κ1) is 14.7. The van der Waals surface area contributed by atoms with Gasteiger partial charge >= 0.3 is 18.1 Å². The van der Waals surface area contributed by atoms with E-state index in [1.807, 2.05) is 0 Å². The molecule has 0 saturated carbocycles. The molecule has 0 aliphatic carbocycles. The molecule has 0 bridgehead atoms. The van der Waals surface area contributed by atoms with Crippen LogP contribution in [0.1, 0.15) is 20.3 Å². The van der Waals surface area contributed by atoms with Crippen LogP contribution in [0, 0.1) is 0 Å². The zero-order chi connectivity index (χ0) is 14.1. The molecular weight excluding hydrogens is 255 g/mol. The molecule has 104 valence electrons. The second-order valence-corrected chi connectivity index (χ2v) is 4.78. The Morgan fingerprint density at radius 2 is 2.00 bits per heavy atom. The molecule has 1 unspecified atom stereocenters. The predicted octanol–water partition coefficient (Wildman–Crippen LogP) is 1.03. The molecule has 1 aliphatic heterocycles.